The van der Waals surface area contributed by atoms with Crippen LogP contribution in [-0.4, -0.2) is 30.4 Å². The molecule has 1 aromatic carbocycles. The molecule has 2 fully saturated rings. The van der Waals surface area contributed by atoms with Crippen molar-refractivity contribution in [2.24, 2.45) is 0 Å². The second-order valence-corrected chi connectivity index (χ2v) is 7.11. The summed E-state index contributed by atoms with van der Waals surface area (Å²) in [5, 5.41) is 3.59. The Morgan fingerprint density at radius 1 is 1.22 bits per heavy atom. The van der Waals surface area contributed by atoms with Gasteiger partial charge in [-0.1, -0.05) is 17.7 Å². The largest absolute Gasteiger partial charge is 0.381 e. The van der Waals surface area contributed by atoms with Crippen LogP contribution < -0.4 is 5.32 Å². The Morgan fingerprint density at radius 3 is 2.48 bits per heavy atom. The fourth-order valence-corrected chi connectivity index (χ4v) is 4.16. The number of aryl methyl sites for hydroxylation is 1. The summed E-state index contributed by atoms with van der Waals surface area (Å²) < 4.78 is 5.38. The third-order valence-corrected chi connectivity index (χ3v) is 5.84. The van der Waals surface area contributed by atoms with Crippen molar-refractivity contribution < 1.29 is 14.3 Å². The van der Waals surface area contributed by atoms with Gasteiger partial charge in [-0.2, -0.15) is 0 Å². The van der Waals surface area contributed by atoms with E-state index in [-0.39, 0.29) is 17.8 Å². The molecule has 1 atom stereocenters. The summed E-state index contributed by atoms with van der Waals surface area (Å²) in [5.74, 6) is -0.947. The van der Waals surface area contributed by atoms with Crippen LogP contribution in [0.25, 0.3) is 0 Å². The van der Waals surface area contributed by atoms with Crippen molar-refractivity contribution in [3.8, 4) is 0 Å². The number of carbonyl (C=O) groups is 2. The van der Waals surface area contributed by atoms with E-state index in [2.05, 4.69) is 5.32 Å². The van der Waals surface area contributed by atoms with Crippen molar-refractivity contribution in [3.05, 3.63) is 33.8 Å². The summed E-state index contributed by atoms with van der Waals surface area (Å²) in [6.45, 7) is 3.80. The van der Waals surface area contributed by atoms with Gasteiger partial charge < -0.3 is 10.1 Å². The Hall–Kier alpha value is -1.39. The van der Waals surface area contributed by atoms with E-state index in [4.69, 9.17) is 16.3 Å². The second-order valence-electron chi connectivity index (χ2n) is 6.71. The van der Waals surface area contributed by atoms with Gasteiger partial charge in [0.05, 0.1) is 11.6 Å². The van der Waals surface area contributed by atoms with Gasteiger partial charge in [-0.25, -0.2) is 0 Å². The molecule has 1 aliphatic carbocycles. The number of hydrogen-bond acceptors (Lipinski definition) is 3. The van der Waals surface area contributed by atoms with Crippen LogP contribution in [0.1, 0.15) is 48.3 Å². The minimum absolute atomic E-state index is 0.00878. The zero-order valence-electron chi connectivity index (χ0n) is 13.7. The molecule has 23 heavy (non-hydrogen) atoms. The quantitative estimate of drug-likeness (QED) is 0.845. The van der Waals surface area contributed by atoms with Crippen molar-refractivity contribution >= 4 is 23.3 Å². The number of nitrogens with one attached hydrogen (secondary N) is 1. The van der Waals surface area contributed by atoms with Crippen LogP contribution >= 0.6 is 11.6 Å². The molecule has 0 bridgehead atoms. The first kappa shape index (κ1) is 16.5. The molecule has 1 N–H and O–H groups in total. The van der Waals surface area contributed by atoms with E-state index >= 15 is 0 Å². The molecule has 5 heteroatoms. The molecule has 0 radical (unpaired) electrons. The Balaban J connectivity index is 1.96. The highest BCUT2D eigenvalue weighted by Crippen LogP contribution is 2.42. The maximum absolute atomic E-state index is 13.1. The number of carbonyl (C=O) groups excluding carboxylic acids is 2. The normalized spacial score (nSPS) is 30.8. The number of ether oxygens (including phenoxy) is 1. The summed E-state index contributed by atoms with van der Waals surface area (Å²) in [7, 11) is 1.69. The number of ketones is 1. The first-order valence-electron chi connectivity index (χ1n) is 8.04. The molecule has 4 nitrogen and oxygen atoms in total. The van der Waals surface area contributed by atoms with E-state index in [0.717, 1.165) is 29.5 Å². The predicted molar refractivity (Wildman–Crippen MR) is 88.8 cm³/mol. The highest BCUT2D eigenvalue weighted by molar-refractivity contribution is 6.31. The molecular formula is C18H22ClNO3. The molecule has 3 rings (SSSR count). The number of rotatable bonds is 2. The fraction of sp³-hybridized carbons (Fsp3) is 0.556. The van der Waals surface area contributed by atoms with Crippen LogP contribution in [0.15, 0.2) is 12.1 Å². The smallest absolute Gasteiger partial charge is 0.235 e. The van der Waals surface area contributed by atoms with E-state index in [1.165, 1.54) is 0 Å². The molecule has 1 amide bonds. The molecular weight excluding hydrogens is 314 g/mol. The van der Waals surface area contributed by atoms with Gasteiger partial charge in [0.25, 0.3) is 0 Å². The topological polar surface area (TPSA) is 55.4 Å². The lowest BCUT2D eigenvalue weighted by atomic mass is 9.75. The van der Waals surface area contributed by atoms with Crippen LogP contribution in [0.2, 0.25) is 5.02 Å². The molecule has 1 saturated carbocycles. The molecule has 1 spiro atoms. The molecule has 1 aliphatic heterocycles. The van der Waals surface area contributed by atoms with Crippen LogP contribution in [0.4, 0.5) is 0 Å². The van der Waals surface area contributed by atoms with Crippen LogP contribution in [0, 0.1) is 13.8 Å². The second kappa shape index (κ2) is 5.91. The van der Waals surface area contributed by atoms with Crippen molar-refractivity contribution in [3.63, 3.8) is 0 Å². The number of Topliss-reactive ketones (excluding diaryl/α,β-unsaturated/α-hetero) is 1. The first-order chi connectivity index (χ1) is 10.9. The van der Waals surface area contributed by atoms with Gasteiger partial charge in [-0.3, -0.25) is 9.59 Å². The van der Waals surface area contributed by atoms with Crippen molar-refractivity contribution in [2.45, 2.75) is 57.1 Å². The molecule has 1 unspecified atom stereocenters. The zero-order chi connectivity index (χ0) is 16.8. The van der Waals surface area contributed by atoms with Crippen LogP contribution in [0.3, 0.4) is 0 Å². The summed E-state index contributed by atoms with van der Waals surface area (Å²) in [6, 6.07) is 3.69. The SMILES string of the molecule is COC1CCC2(CC1)NC(=O)C(c1c(C)ccc(Cl)c1C)C2=O. The predicted octanol–water partition coefficient (Wildman–Crippen LogP) is 3.07. The Kier molecular flexibility index (Phi) is 4.23. The third-order valence-electron chi connectivity index (χ3n) is 5.43. The summed E-state index contributed by atoms with van der Waals surface area (Å²) >= 11 is 6.22. The number of amides is 1. The lowest BCUT2D eigenvalue weighted by Gasteiger charge is -2.35. The first-order valence-corrected chi connectivity index (χ1v) is 8.42. The average molecular weight is 336 g/mol. The van der Waals surface area contributed by atoms with E-state index in [9.17, 15) is 9.59 Å². The van der Waals surface area contributed by atoms with Gasteiger partial charge in [0, 0.05) is 12.1 Å². The zero-order valence-corrected chi connectivity index (χ0v) is 14.5. The molecule has 2 aliphatic rings. The van der Waals surface area contributed by atoms with E-state index in [0.29, 0.717) is 17.9 Å². The summed E-state index contributed by atoms with van der Waals surface area (Å²) in [6.07, 6.45) is 3.06. The van der Waals surface area contributed by atoms with E-state index in [1.807, 2.05) is 26.0 Å². The average Bonchev–Trinajstić information content (AvgIpc) is 2.77. The van der Waals surface area contributed by atoms with Gasteiger partial charge in [0.2, 0.25) is 5.91 Å². The molecule has 1 aromatic rings. The monoisotopic (exact) mass is 335 g/mol. The highest BCUT2D eigenvalue weighted by Gasteiger charge is 2.54. The summed E-state index contributed by atoms with van der Waals surface area (Å²) in [4.78, 5) is 25.8. The summed E-state index contributed by atoms with van der Waals surface area (Å²) in [5.41, 5.74) is 1.80. The minimum Gasteiger partial charge on any atom is -0.381 e. The number of methoxy groups -OCH3 is 1. The lowest BCUT2D eigenvalue weighted by Crippen LogP contribution is -2.50. The molecule has 124 valence electrons. The number of halogens is 1. The number of benzene rings is 1. The van der Waals surface area contributed by atoms with Gasteiger partial charge >= 0.3 is 0 Å². The Labute approximate surface area is 141 Å². The molecule has 1 heterocycles. The highest BCUT2D eigenvalue weighted by atomic mass is 35.5. The van der Waals surface area contributed by atoms with Crippen molar-refractivity contribution in [2.75, 3.05) is 7.11 Å². The molecule has 1 saturated heterocycles. The standard InChI is InChI=1S/C18H22ClNO3/c1-10-4-5-13(19)11(2)14(10)15-16(21)18(20-17(15)22)8-6-12(23-3)7-9-18/h4-5,12,15H,6-9H2,1-3H3,(H,20,22). The van der Waals surface area contributed by atoms with E-state index in [1.54, 1.807) is 7.11 Å². The molecule has 0 aromatic heterocycles. The maximum atomic E-state index is 13.1. The van der Waals surface area contributed by atoms with Gasteiger partial charge in [-0.05, 0) is 62.3 Å². The maximum Gasteiger partial charge on any atom is 0.235 e. The Bertz CT molecular complexity index is 662. The van der Waals surface area contributed by atoms with Crippen LogP contribution in [0.5, 0.6) is 0 Å². The third kappa shape index (κ3) is 2.58. The van der Waals surface area contributed by atoms with Crippen molar-refractivity contribution in [1.29, 1.82) is 0 Å². The Morgan fingerprint density at radius 2 is 1.87 bits per heavy atom. The lowest BCUT2D eigenvalue weighted by molar-refractivity contribution is -0.126. The van der Waals surface area contributed by atoms with Gasteiger partial charge in [0.15, 0.2) is 5.78 Å². The van der Waals surface area contributed by atoms with E-state index < -0.39 is 11.5 Å². The minimum atomic E-state index is -0.743. The van der Waals surface area contributed by atoms with Crippen molar-refractivity contribution in [1.82, 2.24) is 5.32 Å². The van der Waals surface area contributed by atoms with Crippen LogP contribution in [-0.2, 0) is 14.3 Å². The fourth-order valence-electron chi connectivity index (χ4n) is 4.00. The number of hydrogen-bond donors (Lipinski definition) is 1. The van der Waals surface area contributed by atoms with Gasteiger partial charge in [-0.15, -0.1) is 0 Å². The van der Waals surface area contributed by atoms with Gasteiger partial charge in [0.1, 0.15) is 5.92 Å².